The van der Waals surface area contributed by atoms with Crippen molar-refractivity contribution in [2.24, 2.45) is 0 Å². The topological polar surface area (TPSA) is 86.0 Å². The lowest BCUT2D eigenvalue weighted by molar-refractivity contribution is 0.274. The molecule has 6 nitrogen and oxygen atoms in total. The molecule has 1 aliphatic rings. The molecule has 2 heterocycles. The molecular formula is C14H17N5O. The highest BCUT2D eigenvalue weighted by Gasteiger charge is 2.22. The van der Waals surface area contributed by atoms with E-state index in [2.05, 4.69) is 33.3 Å². The fraction of sp³-hybridized carbons (Fsp3) is 0.357. The van der Waals surface area contributed by atoms with Crippen LogP contribution in [-0.4, -0.2) is 21.6 Å². The fourth-order valence-electron chi connectivity index (χ4n) is 2.39. The van der Waals surface area contributed by atoms with Gasteiger partial charge in [0.25, 0.3) is 0 Å². The monoisotopic (exact) mass is 271 g/mol. The summed E-state index contributed by atoms with van der Waals surface area (Å²) in [5.41, 5.74) is 7.99. The summed E-state index contributed by atoms with van der Waals surface area (Å²) >= 11 is 0. The van der Waals surface area contributed by atoms with Crippen LogP contribution in [0.3, 0.4) is 0 Å². The quantitative estimate of drug-likeness (QED) is 0.869. The summed E-state index contributed by atoms with van der Waals surface area (Å²) in [5.74, 6) is 2.26. The third kappa shape index (κ3) is 2.49. The largest absolute Gasteiger partial charge is 0.493 e. The van der Waals surface area contributed by atoms with Gasteiger partial charge in [-0.3, -0.25) is 0 Å². The maximum absolute atomic E-state index is 5.68. The molecule has 0 aliphatic carbocycles. The maximum Gasteiger partial charge on any atom is 0.228 e. The lowest BCUT2D eigenvalue weighted by Crippen LogP contribution is -2.22. The Morgan fingerprint density at radius 3 is 2.90 bits per heavy atom. The number of nitrogen functional groups attached to an aromatic ring is 1. The van der Waals surface area contributed by atoms with Gasteiger partial charge >= 0.3 is 0 Å². The third-order valence-corrected chi connectivity index (χ3v) is 3.27. The molecular weight excluding hydrogens is 254 g/mol. The number of nitrogens with zero attached hydrogens (tertiary/aromatic N) is 3. The zero-order valence-electron chi connectivity index (χ0n) is 11.6. The first kappa shape index (κ1) is 12.7. The number of ether oxygens (including phenoxy) is 1. The Labute approximate surface area is 117 Å². The van der Waals surface area contributed by atoms with E-state index >= 15 is 0 Å². The molecule has 1 atom stereocenters. The van der Waals surface area contributed by atoms with Gasteiger partial charge in [-0.05, 0) is 19.9 Å². The third-order valence-electron chi connectivity index (χ3n) is 3.27. The van der Waals surface area contributed by atoms with Gasteiger partial charge in [-0.1, -0.05) is 17.7 Å². The predicted octanol–water partition coefficient (Wildman–Crippen LogP) is 2.01. The van der Waals surface area contributed by atoms with Crippen LogP contribution in [0.15, 0.2) is 18.2 Å². The molecule has 1 aromatic heterocycles. The number of rotatable bonds is 2. The number of benzene rings is 1. The van der Waals surface area contributed by atoms with Crippen molar-refractivity contribution in [3.63, 3.8) is 0 Å². The average molecular weight is 271 g/mol. The lowest BCUT2D eigenvalue weighted by Gasteiger charge is -2.27. The van der Waals surface area contributed by atoms with Crippen LogP contribution in [0, 0.1) is 13.8 Å². The van der Waals surface area contributed by atoms with E-state index in [4.69, 9.17) is 10.5 Å². The molecule has 1 aliphatic heterocycles. The zero-order valence-corrected chi connectivity index (χ0v) is 11.6. The van der Waals surface area contributed by atoms with E-state index in [0.29, 0.717) is 18.4 Å². The number of fused-ring (bicyclic) bond motifs is 1. The Morgan fingerprint density at radius 1 is 1.25 bits per heavy atom. The molecule has 3 rings (SSSR count). The summed E-state index contributed by atoms with van der Waals surface area (Å²) in [6, 6.07) is 6.31. The molecule has 0 amide bonds. The number of hydrogen-bond acceptors (Lipinski definition) is 6. The van der Waals surface area contributed by atoms with E-state index in [1.54, 1.807) is 6.92 Å². The summed E-state index contributed by atoms with van der Waals surface area (Å²) in [7, 11) is 0. The van der Waals surface area contributed by atoms with Crippen LogP contribution in [0.2, 0.25) is 0 Å². The van der Waals surface area contributed by atoms with E-state index in [-0.39, 0.29) is 12.0 Å². The average Bonchev–Trinajstić information content (AvgIpc) is 2.38. The first-order valence-electron chi connectivity index (χ1n) is 6.60. The van der Waals surface area contributed by atoms with Crippen LogP contribution in [0.5, 0.6) is 5.75 Å². The van der Waals surface area contributed by atoms with Crippen LogP contribution in [-0.2, 0) is 0 Å². The van der Waals surface area contributed by atoms with Gasteiger partial charge in [0.05, 0.1) is 12.6 Å². The molecule has 2 aromatic rings. The van der Waals surface area contributed by atoms with Crippen molar-refractivity contribution < 1.29 is 4.74 Å². The van der Waals surface area contributed by atoms with Crippen molar-refractivity contribution in [3.05, 3.63) is 35.2 Å². The van der Waals surface area contributed by atoms with E-state index in [1.807, 2.05) is 12.1 Å². The molecule has 0 saturated carbocycles. The van der Waals surface area contributed by atoms with Crippen LogP contribution < -0.4 is 15.8 Å². The Morgan fingerprint density at radius 2 is 2.10 bits per heavy atom. The summed E-state index contributed by atoms with van der Waals surface area (Å²) in [5, 5.41) is 3.32. The second-order valence-electron chi connectivity index (χ2n) is 4.94. The number of aromatic nitrogens is 3. The molecule has 0 bridgehead atoms. The van der Waals surface area contributed by atoms with Crippen molar-refractivity contribution in [2.75, 3.05) is 17.7 Å². The minimum absolute atomic E-state index is 0.125. The summed E-state index contributed by atoms with van der Waals surface area (Å²) in [6.07, 6.45) is 0.862. The van der Waals surface area contributed by atoms with Gasteiger partial charge in [-0.15, -0.1) is 0 Å². The number of hydrogen-bond donors (Lipinski definition) is 2. The Balaban J connectivity index is 1.91. The second-order valence-corrected chi connectivity index (χ2v) is 4.94. The molecule has 0 radical (unpaired) electrons. The van der Waals surface area contributed by atoms with Crippen LogP contribution in [0.1, 0.15) is 29.4 Å². The second kappa shape index (κ2) is 4.96. The van der Waals surface area contributed by atoms with E-state index in [0.717, 1.165) is 17.7 Å². The Hall–Kier alpha value is -2.37. The molecule has 0 fully saturated rings. The number of anilines is 2. The number of nitrogens with one attached hydrogen (secondary N) is 1. The Kier molecular flexibility index (Phi) is 3.14. The SMILES string of the molecule is Cc1ccc2c(c1)[C@H](Nc1nc(C)nc(N)n1)CCO2. The maximum atomic E-state index is 5.68. The van der Waals surface area contributed by atoms with Crippen molar-refractivity contribution in [2.45, 2.75) is 26.3 Å². The molecule has 0 unspecified atom stereocenters. The molecule has 1 aromatic carbocycles. The summed E-state index contributed by atoms with van der Waals surface area (Å²) < 4.78 is 5.68. The predicted molar refractivity (Wildman–Crippen MR) is 76.6 cm³/mol. The highest BCUT2D eigenvalue weighted by Crippen LogP contribution is 2.34. The van der Waals surface area contributed by atoms with E-state index in [1.165, 1.54) is 5.56 Å². The molecule has 20 heavy (non-hydrogen) atoms. The standard InChI is InChI=1S/C14H17N5O/c1-8-3-4-12-10(7-8)11(5-6-20-12)18-14-17-9(2)16-13(15)19-14/h3-4,7,11H,5-6H2,1-2H3,(H3,15,16,17,18,19)/t11-/m1/s1. The van der Waals surface area contributed by atoms with Crippen molar-refractivity contribution in [3.8, 4) is 5.75 Å². The van der Waals surface area contributed by atoms with E-state index in [9.17, 15) is 0 Å². The van der Waals surface area contributed by atoms with Gasteiger partial charge in [-0.2, -0.15) is 15.0 Å². The minimum Gasteiger partial charge on any atom is -0.493 e. The number of nitrogens with two attached hydrogens (primary N) is 1. The van der Waals surface area contributed by atoms with Gasteiger partial charge < -0.3 is 15.8 Å². The van der Waals surface area contributed by atoms with Crippen LogP contribution >= 0.6 is 0 Å². The highest BCUT2D eigenvalue weighted by molar-refractivity contribution is 5.44. The summed E-state index contributed by atoms with van der Waals surface area (Å²) in [6.45, 7) is 4.54. The van der Waals surface area contributed by atoms with Crippen molar-refractivity contribution in [1.82, 2.24) is 15.0 Å². The van der Waals surface area contributed by atoms with Gasteiger partial charge in [0.15, 0.2) is 0 Å². The molecule has 0 saturated heterocycles. The van der Waals surface area contributed by atoms with Crippen molar-refractivity contribution in [1.29, 1.82) is 0 Å². The van der Waals surface area contributed by atoms with E-state index < -0.39 is 0 Å². The normalized spacial score (nSPS) is 17.2. The van der Waals surface area contributed by atoms with Gasteiger partial charge in [0, 0.05) is 12.0 Å². The molecule has 0 spiro atoms. The first-order chi connectivity index (χ1) is 9.61. The fourth-order valence-corrected chi connectivity index (χ4v) is 2.39. The highest BCUT2D eigenvalue weighted by atomic mass is 16.5. The van der Waals surface area contributed by atoms with Crippen LogP contribution in [0.4, 0.5) is 11.9 Å². The zero-order chi connectivity index (χ0) is 14.1. The van der Waals surface area contributed by atoms with Crippen LogP contribution in [0.25, 0.3) is 0 Å². The van der Waals surface area contributed by atoms with Gasteiger partial charge in [0.1, 0.15) is 11.6 Å². The summed E-state index contributed by atoms with van der Waals surface area (Å²) in [4.78, 5) is 12.4. The van der Waals surface area contributed by atoms with Crippen molar-refractivity contribution >= 4 is 11.9 Å². The first-order valence-corrected chi connectivity index (χ1v) is 6.60. The molecule has 104 valence electrons. The minimum atomic E-state index is 0.125. The lowest BCUT2D eigenvalue weighted by atomic mass is 9.99. The number of aryl methyl sites for hydroxylation is 2. The molecule has 3 N–H and O–H groups in total. The Bertz CT molecular complexity index is 623. The smallest absolute Gasteiger partial charge is 0.228 e. The van der Waals surface area contributed by atoms with Gasteiger partial charge in [-0.25, -0.2) is 0 Å². The molecule has 6 heteroatoms. The van der Waals surface area contributed by atoms with Gasteiger partial charge in [0.2, 0.25) is 11.9 Å².